The minimum Gasteiger partial charge on any atom is -0.492 e. The zero-order chi connectivity index (χ0) is 17.5. The fraction of sp³-hybridized carbons (Fsp3) is 0.421. The van der Waals surface area contributed by atoms with Gasteiger partial charge in [0.15, 0.2) is 0 Å². The van der Waals surface area contributed by atoms with Crippen LogP contribution in [0.25, 0.3) is 0 Å². The highest BCUT2D eigenvalue weighted by molar-refractivity contribution is 5.34. The lowest BCUT2D eigenvalue weighted by atomic mass is 10.2. The summed E-state index contributed by atoms with van der Waals surface area (Å²) in [6, 6.07) is 12.9. The summed E-state index contributed by atoms with van der Waals surface area (Å²) in [6.07, 6.45) is 1.02. The first-order valence-electron chi connectivity index (χ1n) is 8.54. The van der Waals surface area contributed by atoms with Gasteiger partial charge in [-0.25, -0.2) is 0 Å². The lowest BCUT2D eigenvalue weighted by molar-refractivity contribution is 0.0580. The molecule has 6 heteroatoms. The summed E-state index contributed by atoms with van der Waals surface area (Å²) in [5.74, 6) is 1.41. The molecule has 1 aromatic carbocycles. The smallest absolute Gasteiger partial charge is 0.133 e. The van der Waals surface area contributed by atoms with Crippen LogP contribution in [0.3, 0.4) is 0 Å². The molecule has 6 nitrogen and oxygen atoms in total. The predicted octanol–water partition coefficient (Wildman–Crippen LogP) is 1.88. The molecule has 2 aromatic rings. The molecule has 0 amide bonds. The molecule has 1 saturated heterocycles. The van der Waals surface area contributed by atoms with Gasteiger partial charge in [-0.05, 0) is 36.4 Å². The van der Waals surface area contributed by atoms with E-state index in [1.54, 1.807) is 30.5 Å². The lowest BCUT2D eigenvalue weighted by Gasteiger charge is -2.35. The number of piperazine rings is 1. The zero-order valence-electron chi connectivity index (χ0n) is 14.2. The Morgan fingerprint density at radius 3 is 2.48 bits per heavy atom. The number of rotatable bonds is 7. The standard InChI is InChI=1S/C19H23N3O3/c20-14-16-3-5-17(6-4-16)24-13-11-21-7-9-22(10-8-21)15-18(23)19-2-1-12-25-19/h1-6,12,18,23H,7-11,13,15H2/t18-/m1/s1. The number of hydrogen-bond donors (Lipinski definition) is 1. The summed E-state index contributed by atoms with van der Waals surface area (Å²) in [6.45, 7) is 5.87. The first-order valence-corrected chi connectivity index (χ1v) is 8.54. The molecule has 2 heterocycles. The fourth-order valence-corrected chi connectivity index (χ4v) is 2.93. The molecule has 0 bridgehead atoms. The quantitative estimate of drug-likeness (QED) is 0.829. The maximum atomic E-state index is 10.1. The summed E-state index contributed by atoms with van der Waals surface area (Å²) < 4.78 is 11.0. The summed E-state index contributed by atoms with van der Waals surface area (Å²) in [5, 5.41) is 18.9. The summed E-state index contributed by atoms with van der Waals surface area (Å²) in [4.78, 5) is 4.62. The highest BCUT2D eigenvalue weighted by Crippen LogP contribution is 2.16. The average molecular weight is 341 g/mol. The van der Waals surface area contributed by atoms with Crippen LogP contribution in [0.15, 0.2) is 47.1 Å². The van der Waals surface area contributed by atoms with Gasteiger partial charge in [-0.15, -0.1) is 0 Å². The number of nitrogens with zero attached hydrogens (tertiary/aromatic N) is 3. The van der Waals surface area contributed by atoms with Crippen molar-refractivity contribution in [3.05, 3.63) is 54.0 Å². The van der Waals surface area contributed by atoms with Crippen molar-refractivity contribution in [1.29, 1.82) is 5.26 Å². The summed E-state index contributed by atoms with van der Waals surface area (Å²) in [5.41, 5.74) is 0.639. The number of β-amino-alcohol motifs (C(OH)–C–C–N with tert-alkyl or cyclic N) is 1. The van der Waals surface area contributed by atoms with Crippen LogP contribution < -0.4 is 4.74 Å². The molecule has 1 aliphatic heterocycles. The number of aliphatic hydroxyl groups is 1. The van der Waals surface area contributed by atoms with E-state index in [1.165, 1.54) is 0 Å². The minimum absolute atomic E-state index is 0.568. The van der Waals surface area contributed by atoms with Gasteiger partial charge in [-0.2, -0.15) is 5.26 Å². The van der Waals surface area contributed by atoms with Crippen molar-refractivity contribution in [3.63, 3.8) is 0 Å². The second-order valence-electron chi connectivity index (χ2n) is 6.16. The van der Waals surface area contributed by atoms with Crippen LogP contribution in [0.1, 0.15) is 17.4 Å². The maximum Gasteiger partial charge on any atom is 0.133 e. The maximum absolute atomic E-state index is 10.1. The van der Waals surface area contributed by atoms with E-state index in [9.17, 15) is 5.11 Å². The molecule has 1 N–H and O–H groups in total. The van der Waals surface area contributed by atoms with Crippen LogP contribution in [-0.4, -0.2) is 60.8 Å². The molecular weight excluding hydrogens is 318 g/mol. The van der Waals surface area contributed by atoms with Gasteiger partial charge in [0.2, 0.25) is 0 Å². The van der Waals surface area contributed by atoms with Crippen molar-refractivity contribution < 1.29 is 14.3 Å². The van der Waals surface area contributed by atoms with Gasteiger partial charge in [-0.1, -0.05) is 0 Å². The lowest BCUT2D eigenvalue weighted by Crippen LogP contribution is -2.48. The van der Waals surface area contributed by atoms with Crippen molar-refractivity contribution in [2.24, 2.45) is 0 Å². The molecule has 1 aromatic heterocycles. The van der Waals surface area contributed by atoms with Crippen molar-refractivity contribution in [1.82, 2.24) is 9.80 Å². The van der Waals surface area contributed by atoms with E-state index >= 15 is 0 Å². The van der Waals surface area contributed by atoms with Crippen LogP contribution in [0.4, 0.5) is 0 Å². The normalized spacial score (nSPS) is 17.1. The Bertz CT molecular complexity index is 671. The van der Waals surface area contributed by atoms with Crippen LogP contribution >= 0.6 is 0 Å². The van der Waals surface area contributed by atoms with E-state index in [4.69, 9.17) is 14.4 Å². The Hall–Kier alpha value is -2.33. The van der Waals surface area contributed by atoms with Crippen molar-refractivity contribution in [3.8, 4) is 11.8 Å². The molecule has 1 aliphatic rings. The third-order valence-corrected chi connectivity index (χ3v) is 4.43. The van der Waals surface area contributed by atoms with E-state index in [2.05, 4.69) is 15.9 Å². The third-order valence-electron chi connectivity index (χ3n) is 4.43. The highest BCUT2D eigenvalue weighted by atomic mass is 16.5. The Labute approximate surface area is 147 Å². The van der Waals surface area contributed by atoms with Gasteiger partial charge < -0.3 is 14.3 Å². The number of aliphatic hydroxyl groups excluding tert-OH is 1. The molecule has 3 rings (SSSR count). The molecule has 132 valence electrons. The second-order valence-corrected chi connectivity index (χ2v) is 6.16. The number of hydrogen-bond acceptors (Lipinski definition) is 6. The first-order chi connectivity index (χ1) is 12.2. The Morgan fingerprint density at radius 2 is 1.84 bits per heavy atom. The molecule has 0 radical (unpaired) electrons. The number of benzene rings is 1. The first kappa shape index (κ1) is 17.5. The van der Waals surface area contributed by atoms with Gasteiger partial charge >= 0.3 is 0 Å². The number of nitriles is 1. The molecule has 25 heavy (non-hydrogen) atoms. The van der Waals surface area contributed by atoms with Gasteiger partial charge in [-0.3, -0.25) is 9.80 Å². The second kappa shape index (κ2) is 8.67. The van der Waals surface area contributed by atoms with Crippen LogP contribution in [-0.2, 0) is 0 Å². The van der Waals surface area contributed by atoms with Crippen LogP contribution in [0, 0.1) is 11.3 Å². The predicted molar refractivity (Wildman–Crippen MR) is 93.2 cm³/mol. The zero-order valence-corrected chi connectivity index (χ0v) is 14.2. The third kappa shape index (κ3) is 5.07. The number of ether oxygens (including phenoxy) is 1. The molecule has 1 fully saturated rings. The van der Waals surface area contributed by atoms with E-state index in [1.807, 2.05) is 12.1 Å². The van der Waals surface area contributed by atoms with Gasteiger partial charge in [0.1, 0.15) is 24.2 Å². The van der Waals surface area contributed by atoms with Gasteiger partial charge in [0.05, 0.1) is 17.9 Å². The highest BCUT2D eigenvalue weighted by Gasteiger charge is 2.20. The average Bonchev–Trinajstić information content (AvgIpc) is 3.19. The van der Waals surface area contributed by atoms with E-state index in [0.717, 1.165) is 38.5 Å². The summed E-state index contributed by atoms with van der Waals surface area (Å²) in [7, 11) is 0. The van der Waals surface area contributed by atoms with Crippen LogP contribution in [0.5, 0.6) is 5.75 Å². The monoisotopic (exact) mass is 341 g/mol. The molecule has 0 saturated carbocycles. The minimum atomic E-state index is -0.568. The fourth-order valence-electron chi connectivity index (χ4n) is 2.93. The van der Waals surface area contributed by atoms with E-state index in [-0.39, 0.29) is 0 Å². The Kier molecular flexibility index (Phi) is 6.07. The van der Waals surface area contributed by atoms with E-state index < -0.39 is 6.10 Å². The Balaban J connectivity index is 1.34. The molecule has 0 spiro atoms. The Morgan fingerprint density at radius 1 is 1.12 bits per heavy atom. The van der Waals surface area contributed by atoms with Gasteiger partial charge in [0.25, 0.3) is 0 Å². The molecule has 1 atom stereocenters. The van der Waals surface area contributed by atoms with Gasteiger partial charge in [0, 0.05) is 39.3 Å². The molecular formula is C19H23N3O3. The SMILES string of the molecule is N#Cc1ccc(OCCN2CCN(C[C@@H](O)c3ccco3)CC2)cc1. The van der Waals surface area contributed by atoms with Crippen molar-refractivity contribution in [2.75, 3.05) is 45.9 Å². The van der Waals surface area contributed by atoms with Crippen molar-refractivity contribution >= 4 is 0 Å². The van der Waals surface area contributed by atoms with E-state index in [0.29, 0.717) is 24.5 Å². The van der Waals surface area contributed by atoms with Crippen molar-refractivity contribution in [2.45, 2.75) is 6.10 Å². The van der Waals surface area contributed by atoms with Crippen LogP contribution in [0.2, 0.25) is 0 Å². The summed E-state index contributed by atoms with van der Waals surface area (Å²) >= 11 is 0. The molecule has 0 aliphatic carbocycles. The molecule has 0 unspecified atom stereocenters. The number of furan rings is 1. The largest absolute Gasteiger partial charge is 0.492 e. The topological polar surface area (TPSA) is 72.9 Å².